The van der Waals surface area contributed by atoms with E-state index in [9.17, 15) is 0 Å². The van der Waals surface area contributed by atoms with Gasteiger partial charge >= 0.3 is 8.80 Å². The van der Waals surface area contributed by atoms with Crippen molar-refractivity contribution >= 4 is 14.0 Å². The smallest absolute Gasteiger partial charge is 0.370 e. The molecule has 1 aromatic rings. The lowest BCUT2D eigenvalue weighted by Gasteiger charge is -2.29. The van der Waals surface area contributed by atoms with Gasteiger partial charge in [0.1, 0.15) is 0 Å². The second kappa shape index (κ2) is 9.29. The van der Waals surface area contributed by atoms with Gasteiger partial charge in [-0.15, -0.1) is 0 Å². The van der Waals surface area contributed by atoms with Crippen LogP contribution >= 0.6 is 0 Å². The molecule has 1 atom stereocenters. The topological polar surface area (TPSA) is 27.7 Å². The zero-order chi connectivity index (χ0) is 14.8. The third kappa shape index (κ3) is 5.02. The molecule has 0 spiro atoms. The molecule has 0 radical (unpaired) electrons. The van der Waals surface area contributed by atoms with Gasteiger partial charge in [0.05, 0.1) is 0 Å². The molecule has 0 fully saturated rings. The van der Waals surface area contributed by atoms with Gasteiger partial charge in [-0.2, -0.15) is 0 Å². The summed E-state index contributed by atoms with van der Waals surface area (Å²) in [6.45, 7) is 10.3. The van der Waals surface area contributed by atoms with Crippen molar-refractivity contribution in [3.63, 3.8) is 0 Å². The minimum atomic E-state index is -2.75. The summed E-state index contributed by atoms with van der Waals surface area (Å²) in [7, 11) is -2.75. The van der Waals surface area contributed by atoms with E-state index in [-0.39, 0.29) is 0 Å². The Hall–Kier alpha value is -0.683. The fourth-order valence-electron chi connectivity index (χ4n) is 2.00. The summed E-state index contributed by atoms with van der Waals surface area (Å²) in [6, 6.07) is 10.1. The Morgan fingerprint density at radius 2 is 1.55 bits per heavy atom. The van der Waals surface area contributed by atoms with Gasteiger partial charge in [-0.25, -0.2) is 0 Å². The molecule has 1 aromatic carbocycles. The van der Waals surface area contributed by atoms with Gasteiger partial charge in [0, 0.05) is 25.0 Å². The minimum absolute atomic E-state index is 0.602. The minimum Gasteiger partial charge on any atom is -0.370 e. The average Bonchev–Trinajstić information content (AvgIpc) is 2.48. The zero-order valence-electron chi connectivity index (χ0n) is 13.2. The van der Waals surface area contributed by atoms with Crippen LogP contribution in [0.2, 0.25) is 0 Å². The summed E-state index contributed by atoms with van der Waals surface area (Å²) in [5.41, 5.74) is 0. The number of rotatable bonds is 10. The Kier molecular flexibility index (Phi) is 8.07. The highest BCUT2D eigenvalue weighted by molar-refractivity contribution is 6.75. The Morgan fingerprint density at radius 1 is 0.950 bits per heavy atom. The molecule has 114 valence electrons. The number of hydrogen-bond donors (Lipinski definition) is 0. The Labute approximate surface area is 124 Å². The summed E-state index contributed by atoms with van der Waals surface area (Å²) in [5, 5.41) is 1.05. The van der Waals surface area contributed by atoms with Gasteiger partial charge in [0.2, 0.25) is 0 Å². The van der Waals surface area contributed by atoms with Crippen LogP contribution in [0, 0.1) is 5.92 Å². The molecule has 0 aliphatic carbocycles. The second-order valence-electron chi connectivity index (χ2n) is 4.94. The zero-order valence-corrected chi connectivity index (χ0v) is 14.2. The highest BCUT2D eigenvalue weighted by Crippen LogP contribution is 2.14. The predicted octanol–water partition coefficient (Wildman–Crippen LogP) is 3.36. The van der Waals surface area contributed by atoms with E-state index in [4.69, 9.17) is 13.3 Å². The van der Waals surface area contributed by atoms with Crippen LogP contribution in [0.4, 0.5) is 0 Å². The van der Waals surface area contributed by atoms with Gasteiger partial charge in [0.15, 0.2) is 0 Å². The quantitative estimate of drug-likeness (QED) is 0.620. The average molecular weight is 296 g/mol. The molecule has 0 aliphatic heterocycles. The normalized spacial score (nSPS) is 13.4. The highest BCUT2D eigenvalue weighted by Gasteiger charge is 2.43. The second-order valence-corrected chi connectivity index (χ2v) is 7.49. The first kappa shape index (κ1) is 17.4. The van der Waals surface area contributed by atoms with Crippen LogP contribution in [0.1, 0.15) is 40.5 Å². The van der Waals surface area contributed by atoms with Crippen LogP contribution in [-0.4, -0.2) is 28.6 Å². The molecule has 0 heterocycles. The molecule has 0 saturated heterocycles. The van der Waals surface area contributed by atoms with Crippen molar-refractivity contribution in [3.05, 3.63) is 30.3 Å². The van der Waals surface area contributed by atoms with Crippen LogP contribution in [0.25, 0.3) is 0 Å². The van der Waals surface area contributed by atoms with Crippen LogP contribution in [0.5, 0.6) is 0 Å². The maximum atomic E-state index is 6.16. The van der Waals surface area contributed by atoms with Crippen LogP contribution < -0.4 is 5.19 Å². The molecule has 20 heavy (non-hydrogen) atoms. The maximum absolute atomic E-state index is 6.16. The molecular weight excluding hydrogens is 268 g/mol. The van der Waals surface area contributed by atoms with E-state index in [0.717, 1.165) is 11.6 Å². The summed E-state index contributed by atoms with van der Waals surface area (Å²) >= 11 is 0. The molecule has 1 rings (SSSR count). The lowest BCUT2D eigenvalue weighted by atomic mass is 10.1. The van der Waals surface area contributed by atoms with Gasteiger partial charge in [0.25, 0.3) is 0 Å². The lowest BCUT2D eigenvalue weighted by molar-refractivity contribution is 0.0770. The molecule has 0 aromatic heterocycles. The maximum Gasteiger partial charge on any atom is 0.537 e. The van der Waals surface area contributed by atoms with Gasteiger partial charge < -0.3 is 13.3 Å². The number of hydrogen-bond acceptors (Lipinski definition) is 3. The van der Waals surface area contributed by atoms with Crippen molar-refractivity contribution in [2.24, 2.45) is 5.92 Å². The van der Waals surface area contributed by atoms with Gasteiger partial charge in [-0.3, -0.25) is 0 Å². The van der Waals surface area contributed by atoms with E-state index in [1.165, 1.54) is 6.42 Å². The highest BCUT2D eigenvalue weighted by atomic mass is 28.4. The Balaban J connectivity index is 2.82. The largest absolute Gasteiger partial charge is 0.537 e. The van der Waals surface area contributed by atoms with Gasteiger partial charge in [-0.1, -0.05) is 50.6 Å². The van der Waals surface area contributed by atoms with Crippen molar-refractivity contribution in [1.82, 2.24) is 0 Å². The van der Waals surface area contributed by atoms with Crippen LogP contribution in [-0.2, 0) is 13.3 Å². The summed E-state index contributed by atoms with van der Waals surface area (Å²) < 4.78 is 18.1. The first-order valence-corrected chi connectivity index (χ1v) is 9.38. The monoisotopic (exact) mass is 296 g/mol. The Morgan fingerprint density at radius 3 is 2.05 bits per heavy atom. The molecule has 0 aliphatic rings. The summed E-state index contributed by atoms with van der Waals surface area (Å²) in [4.78, 5) is 0. The van der Waals surface area contributed by atoms with Gasteiger partial charge in [-0.05, 0) is 26.2 Å². The molecule has 1 unspecified atom stereocenters. The Bertz CT molecular complexity index is 350. The van der Waals surface area contributed by atoms with E-state index in [1.54, 1.807) is 0 Å². The number of benzene rings is 1. The summed E-state index contributed by atoms with van der Waals surface area (Å²) in [6.07, 6.45) is 2.21. The standard InChI is InChI=1S/C16H28O3Si/c1-5-15(4)13-14-19-20(17-6-2,18-7-3)16-11-9-8-10-12-16/h8-12,15H,5-7,13-14H2,1-4H3. The predicted molar refractivity (Wildman–Crippen MR) is 85.1 cm³/mol. The molecule has 4 heteroatoms. The first-order chi connectivity index (χ1) is 9.68. The van der Waals surface area contributed by atoms with Crippen LogP contribution in [0.15, 0.2) is 30.3 Å². The van der Waals surface area contributed by atoms with Crippen molar-refractivity contribution in [2.75, 3.05) is 19.8 Å². The third-order valence-corrected chi connectivity index (χ3v) is 6.36. The molecule has 0 N–H and O–H groups in total. The molecule has 0 bridgehead atoms. The van der Waals surface area contributed by atoms with Crippen molar-refractivity contribution in [3.8, 4) is 0 Å². The third-order valence-electron chi connectivity index (χ3n) is 3.40. The van der Waals surface area contributed by atoms with Crippen molar-refractivity contribution in [1.29, 1.82) is 0 Å². The fourth-order valence-corrected chi connectivity index (χ4v) is 4.49. The first-order valence-electron chi connectivity index (χ1n) is 7.65. The SMILES string of the molecule is CCO[Si](OCC)(OCCC(C)CC)c1ccccc1. The van der Waals surface area contributed by atoms with E-state index >= 15 is 0 Å². The fraction of sp³-hybridized carbons (Fsp3) is 0.625. The molecule has 0 amide bonds. The van der Waals surface area contributed by atoms with E-state index in [2.05, 4.69) is 13.8 Å². The van der Waals surface area contributed by atoms with E-state index < -0.39 is 8.80 Å². The molecular formula is C16H28O3Si. The van der Waals surface area contributed by atoms with Crippen LogP contribution in [0.3, 0.4) is 0 Å². The molecule has 3 nitrogen and oxygen atoms in total. The van der Waals surface area contributed by atoms with E-state index in [1.807, 2.05) is 44.2 Å². The van der Waals surface area contributed by atoms with E-state index in [0.29, 0.717) is 25.7 Å². The van der Waals surface area contributed by atoms with Crippen molar-refractivity contribution < 1.29 is 13.3 Å². The summed E-state index contributed by atoms with van der Waals surface area (Å²) in [5.74, 6) is 0.667. The van der Waals surface area contributed by atoms with Crippen molar-refractivity contribution in [2.45, 2.75) is 40.5 Å². The lowest BCUT2D eigenvalue weighted by Crippen LogP contribution is -2.57. The molecule has 0 saturated carbocycles.